The van der Waals surface area contributed by atoms with Crippen LogP contribution in [0, 0.1) is 11.3 Å². The molecule has 4 nitrogen and oxygen atoms in total. The van der Waals surface area contributed by atoms with Crippen molar-refractivity contribution in [3.05, 3.63) is 35.4 Å². The maximum absolute atomic E-state index is 12.8. The highest BCUT2D eigenvalue weighted by Crippen LogP contribution is 2.52. The standard InChI is InChI=1S/C22H27NO3/c24-20-13-22(14-26-20)11-19(12-22)21(25)23-9-7-18(8-10-23)17-5-3-16(4-6-17)15-1-2-15/h3-6,15,18-19H,1-2,7-14H2. The summed E-state index contributed by atoms with van der Waals surface area (Å²) in [5.41, 5.74) is 2.92. The predicted molar refractivity (Wildman–Crippen MR) is 97.7 cm³/mol. The monoisotopic (exact) mass is 353 g/mol. The normalized spacial score (nSPS) is 31.8. The minimum atomic E-state index is -0.0931. The second-order valence-electron chi connectivity index (χ2n) is 8.98. The van der Waals surface area contributed by atoms with Crippen LogP contribution in [0.4, 0.5) is 0 Å². The molecule has 2 saturated heterocycles. The third-order valence-corrected chi connectivity index (χ3v) is 7.03. The van der Waals surface area contributed by atoms with E-state index < -0.39 is 0 Å². The number of esters is 1. The van der Waals surface area contributed by atoms with Crippen molar-refractivity contribution in [1.29, 1.82) is 0 Å². The average Bonchev–Trinajstić information content (AvgIpc) is 3.42. The van der Waals surface area contributed by atoms with Gasteiger partial charge in [0.15, 0.2) is 0 Å². The largest absolute Gasteiger partial charge is 0.465 e. The van der Waals surface area contributed by atoms with Gasteiger partial charge in [-0.3, -0.25) is 9.59 Å². The molecule has 1 aromatic rings. The van der Waals surface area contributed by atoms with Crippen LogP contribution < -0.4 is 0 Å². The highest BCUT2D eigenvalue weighted by molar-refractivity contribution is 5.81. The molecule has 4 fully saturated rings. The summed E-state index contributed by atoms with van der Waals surface area (Å²) < 4.78 is 5.11. The van der Waals surface area contributed by atoms with Gasteiger partial charge in [-0.25, -0.2) is 0 Å². The molecule has 0 atom stereocenters. The van der Waals surface area contributed by atoms with Gasteiger partial charge in [0, 0.05) is 24.4 Å². The fraction of sp³-hybridized carbons (Fsp3) is 0.636. The van der Waals surface area contributed by atoms with Crippen molar-refractivity contribution in [2.75, 3.05) is 19.7 Å². The smallest absolute Gasteiger partial charge is 0.306 e. The van der Waals surface area contributed by atoms with Gasteiger partial charge in [0.05, 0.1) is 13.0 Å². The van der Waals surface area contributed by atoms with E-state index >= 15 is 0 Å². The van der Waals surface area contributed by atoms with E-state index in [2.05, 4.69) is 29.2 Å². The number of cyclic esters (lactones) is 1. The quantitative estimate of drug-likeness (QED) is 0.780. The molecule has 0 aromatic heterocycles. The molecule has 0 unspecified atom stereocenters. The van der Waals surface area contributed by atoms with Crippen LogP contribution in [0.5, 0.6) is 0 Å². The van der Waals surface area contributed by atoms with Gasteiger partial charge in [0.1, 0.15) is 0 Å². The van der Waals surface area contributed by atoms with E-state index in [1.54, 1.807) is 0 Å². The fourth-order valence-electron chi connectivity index (χ4n) is 5.21. The summed E-state index contributed by atoms with van der Waals surface area (Å²) in [6, 6.07) is 9.23. The molecule has 1 aromatic carbocycles. The lowest BCUT2D eigenvalue weighted by molar-refractivity contribution is -0.144. The minimum Gasteiger partial charge on any atom is -0.465 e. The summed E-state index contributed by atoms with van der Waals surface area (Å²) in [6.45, 7) is 2.26. The van der Waals surface area contributed by atoms with E-state index in [4.69, 9.17) is 4.74 Å². The summed E-state index contributed by atoms with van der Waals surface area (Å²) in [5.74, 6) is 1.72. The van der Waals surface area contributed by atoms with Gasteiger partial charge in [-0.2, -0.15) is 0 Å². The number of amides is 1. The van der Waals surface area contributed by atoms with E-state index in [0.29, 0.717) is 24.9 Å². The van der Waals surface area contributed by atoms with Crippen molar-refractivity contribution >= 4 is 11.9 Å². The number of carbonyl (C=O) groups is 2. The molecular formula is C22H27NO3. The minimum absolute atomic E-state index is 0.0148. The molecule has 0 N–H and O–H groups in total. The molecule has 1 amide bonds. The van der Waals surface area contributed by atoms with E-state index in [1.165, 1.54) is 24.0 Å². The van der Waals surface area contributed by atoms with Crippen LogP contribution >= 0.6 is 0 Å². The summed E-state index contributed by atoms with van der Waals surface area (Å²) in [4.78, 5) is 26.2. The Kier molecular flexibility index (Phi) is 3.84. The van der Waals surface area contributed by atoms with E-state index in [9.17, 15) is 9.59 Å². The Morgan fingerprint density at radius 2 is 1.54 bits per heavy atom. The van der Waals surface area contributed by atoms with Gasteiger partial charge < -0.3 is 9.64 Å². The third kappa shape index (κ3) is 2.93. The lowest BCUT2D eigenvalue weighted by Crippen LogP contribution is -2.49. The molecule has 2 aliphatic heterocycles. The number of nitrogens with zero attached hydrogens (tertiary/aromatic N) is 1. The molecule has 1 spiro atoms. The average molecular weight is 353 g/mol. The summed E-state index contributed by atoms with van der Waals surface area (Å²) in [5, 5.41) is 0. The molecule has 0 radical (unpaired) electrons. The van der Waals surface area contributed by atoms with Crippen LogP contribution in [-0.2, 0) is 14.3 Å². The zero-order chi connectivity index (χ0) is 17.7. The Hall–Kier alpha value is -1.84. The number of benzene rings is 1. The van der Waals surface area contributed by atoms with Crippen LogP contribution in [0.25, 0.3) is 0 Å². The van der Waals surface area contributed by atoms with Crippen molar-refractivity contribution in [2.24, 2.45) is 11.3 Å². The third-order valence-electron chi connectivity index (χ3n) is 7.03. The Balaban J connectivity index is 1.13. The van der Waals surface area contributed by atoms with Crippen molar-refractivity contribution in [3.8, 4) is 0 Å². The molecule has 4 heteroatoms. The lowest BCUT2D eigenvalue weighted by atomic mass is 9.61. The molecule has 2 aliphatic carbocycles. The van der Waals surface area contributed by atoms with Gasteiger partial charge in [0.25, 0.3) is 0 Å². The molecule has 2 saturated carbocycles. The number of hydrogen-bond acceptors (Lipinski definition) is 3. The topological polar surface area (TPSA) is 46.6 Å². The highest BCUT2D eigenvalue weighted by Gasteiger charge is 2.53. The first-order valence-electron chi connectivity index (χ1n) is 10.2. The molecule has 0 bridgehead atoms. The van der Waals surface area contributed by atoms with Gasteiger partial charge in [-0.15, -0.1) is 0 Å². The number of piperidine rings is 1. The predicted octanol–water partition coefficient (Wildman–Crippen LogP) is 3.61. The fourth-order valence-corrected chi connectivity index (χ4v) is 5.21. The zero-order valence-electron chi connectivity index (χ0n) is 15.3. The first kappa shape index (κ1) is 16.3. The maximum Gasteiger partial charge on any atom is 0.306 e. The van der Waals surface area contributed by atoms with Gasteiger partial charge in [0.2, 0.25) is 5.91 Å². The van der Waals surface area contributed by atoms with Crippen molar-refractivity contribution < 1.29 is 14.3 Å². The van der Waals surface area contributed by atoms with Gasteiger partial charge >= 0.3 is 5.97 Å². The Morgan fingerprint density at radius 3 is 2.04 bits per heavy atom. The van der Waals surface area contributed by atoms with E-state index in [0.717, 1.165) is 44.7 Å². The number of hydrogen-bond donors (Lipinski definition) is 0. The first-order chi connectivity index (χ1) is 12.6. The Morgan fingerprint density at radius 1 is 0.962 bits per heavy atom. The second-order valence-corrected chi connectivity index (χ2v) is 8.98. The number of carbonyl (C=O) groups excluding carboxylic acids is 2. The summed E-state index contributed by atoms with van der Waals surface area (Å²) in [7, 11) is 0. The zero-order valence-corrected chi connectivity index (χ0v) is 15.3. The van der Waals surface area contributed by atoms with Crippen LogP contribution in [0.1, 0.15) is 67.9 Å². The van der Waals surface area contributed by atoms with Crippen LogP contribution in [-0.4, -0.2) is 36.5 Å². The van der Waals surface area contributed by atoms with Crippen LogP contribution in [0.3, 0.4) is 0 Å². The highest BCUT2D eigenvalue weighted by atomic mass is 16.5. The molecule has 5 rings (SSSR count). The van der Waals surface area contributed by atoms with Crippen molar-refractivity contribution in [1.82, 2.24) is 4.90 Å². The van der Waals surface area contributed by atoms with Crippen molar-refractivity contribution in [2.45, 2.75) is 56.8 Å². The van der Waals surface area contributed by atoms with Gasteiger partial charge in [-0.1, -0.05) is 24.3 Å². The Bertz CT molecular complexity index is 707. The lowest BCUT2D eigenvalue weighted by Gasteiger charge is -2.45. The molecule has 4 aliphatic rings. The van der Waals surface area contributed by atoms with Crippen LogP contribution in [0.2, 0.25) is 0 Å². The van der Waals surface area contributed by atoms with Crippen molar-refractivity contribution in [3.63, 3.8) is 0 Å². The Labute approximate surface area is 154 Å². The van der Waals surface area contributed by atoms with E-state index in [1.807, 2.05) is 0 Å². The molecule has 138 valence electrons. The summed E-state index contributed by atoms with van der Waals surface area (Å²) >= 11 is 0. The molecule has 2 heterocycles. The summed E-state index contributed by atoms with van der Waals surface area (Å²) in [6.07, 6.45) is 7.00. The van der Waals surface area contributed by atoms with E-state index in [-0.39, 0.29) is 17.3 Å². The first-order valence-corrected chi connectivity index (χ1v) is 10.2. The number of ether oxygens (including phenoxy) is 1. The number of likely N-dealkylation sites (tertiary alicyclic amines) is 1. The SMILES string of the molecule is O=C1CC2(CO1)CC(C(=O)N1CCC(c3ccc(C4CC4)cc3)CC1)C2. The molecular weight excluding hydrogens is 326 g/mol. The number of rotatable bonds is 3. The molecule has 26 heavy (non-hydrogen) atoms. The van der Waals surface area contributed by atoms with Crippen LogP contribution in [0.15, 0.2) is 24.3 Å². The second kappa shape index (κ2) is 6.11. The van der Waals surface area contributed by atoms with Gasteiger partial charge in [-0.05, 0) is 61.5 Å². The maximum atomic E-state index is 12.8.